The molecule has 0 aromatic heterocycles. The molecule has 2 N–H and O–H groups in total. The highest BCUT2D eigenvalue weighted by atomic mass is 16.2. The molecule has 0 saturated carbocycles. The van der Waals surface area contributed by atoms with E-state index < -0.39 is 0 Å². The zero-order chi connectivity index (χ0) is 24.3. The van der Waals surface area contributed by atoms with Gasteiger partial charge in [0.2, 0.25) is 11.8 Å². The van der Waals surface area contributed by atoms with Crippen molar-refractivity contribution in [2.45, 2.75) is 26.8 Å². The third-order valence-electron chi connectivity index (χ3n) is 6.04. The molecule has 182 valence electrons. The largest absolute Gasteiger partial charge is 0.337 e. The van der Waals surface area contributed by atoms with E-state index in [-0.39, 0.29) is 30.9 Å². The molecule has 2 aromatic rings. The molecule has 0 radical (unpaired) electrons. The summed E-state index contributed by atoms with van der Waals surface area (Å²) in [6.07, 6.45) is 0.856. The van der Waals surface area contributed by atoms with Gasteiger partial charge in [0.25, 0.3) is 0 Å². The van der Waals surface area contributed by atoms with Crippen LogP contribution >= 0.6 is 0 Å². The number of likely N-dealkylation sites (N-methyl/N-ethyl adjacent to an activating group) is 1. The Morgan fingerprint density at radius 3 is 2.26 bits per heavy atom. The SMILES string of the molecule is CCc1ccccc1NC(=O)CN1CCN(C(=O)NCC(=O)N(CC)Cc2ccccc2)CC1. The number of aryl methyl sites for hydroxylation is 1. The lowest BCUT2D eigenvalue weighted by Crippen LogP contribution is -2.54. The van der Waals surface area contributed by atoms with Gasteiger partial charge in [-0.2, -0.15) is 0 Å². The number of para-hydroxylation sites is 1. The van der Waals surface area contributed by atoms with Gasteiger partial charge in [-0.3, -0.25) is 14.5 Å². The van der Waals surface area contributed by atoms with E-state index in [1.807, 2.05) is 66.4 Å². The fourth-order valence-electron chi connectivity index (χ4n) is 4.01. The number of carbonyl (C=O) groups excluding carboxylic acids is 3. The van der Waals surface area contributed by atoms with Crippen LogP contribution in [0.4, 0.5) is 10.5 Å². The first kappa shape index (κ1) is 25.2. The van der Waals surface area contributed by atoms with Crippen molar-refractivity contribution in [3.8, 4) is 0 Å². The van der Waals surface area contributed by atoms with E-state index >= 15 is 0 Å². The van der Waals surface area contributed by atoms with Gasteiger partial charge in [0, 0.05) is 45.0 Å². The van der Waals surface area contributed by atoms with Crippen molar-refractivity contribution in [2.75, 3.05) is 51.1 Å². The van der Waals surface area contributed by atoms with Gasteiger partial charge in [0.05, 0.1) is 13.1 Å². The summed E-state index contributed by atoms with van der Waals surface area (Å²) in [4.78, 5) is 43.1. The molecule has 0 unspecified atom stereocenters. The van der Waals surface area contributed by atoms with E-state index in [1.54, 1.807) is 9.80 Å². The molecule has 4 amide bonds. The first-order valence-electron chi connectivity index (χ1n) is 11.9. The Morgan fingerprint density at radius 2 is 1.59 bits per heavy atom. The molecule has 1 heterocycles. The molecule has 8 heteroatoms. The van der Waals surface area contributed by atoms with E-state index in [4.69, 9.17) is 0 Å². The predicted octanol–water partition coefficient (Wildman–Crippen LogP) is 2.56. The lowest BCUT2D eigenvalue weighted by molar-refractivity contribution is -0.130. The maximum absolute atomic E-state index is 12.6. The van der Waals surface area contributed by atoms with Crippen molar-refractivity contribution >= 4 is 23.5 Å². The molecular formula is C26H35N5O3. The predicted molar refractivity (Wildman–Crippen MR) is 133 cm³/mol. The summed E-state index contributed by atoms with van der Waals surface area (Å²) in [5, 5.41) is 5.74. The average Bonchev–Trinajstić information content (AvgIpc) is 2.87. The smallest absolute Gasteiger partial charge is 0.317 e. The molecule has 0 aliphatic carbocycles. The minimum Gasteiger partial charge on any atom is -0.337 e. The van der Waals surface area contributed by atoms with Gasteiger partial charge in [-0.05, 0) is 30.5 Å². The van der Waals surface area contributed by atoms with Crippen LogP contribution in [0.3, 0.4) is 0 Å². The van der Waals surface area contributed by atoms with Crippen LogP contribution in [0.25, 0.3) is 0 Å². The second kappa shape index (κ2) is 12.7. The van der Waals surface area contributed by atoms with Gasteiger partial charge in [0.1, 0.15) is 0 Å². The van der Waals surface area contributed by atoms with Crippen LogP contribution in [-0.4, -0.2) is 78.4 Å². The summed E-state index contributed by atoms with van der Waals surface area (Å²) >= 11 is 0. The molecule has 3 rings (SSSR count). The Kier molecular flexibility index (Phi) is 9.46. The summed E-state index contributed by atoms with van der Waals surface area (Å²) in [5.74, 6) is -0.162. The van der Waals surface area contributed by atoms with Gasteiger partial charge in [-0.1, -0.05) is 55.5 Å². The lowest BCUT2D eigenvalue weighted by atomic mass is 10.1. The van der Waals surface area contributed by atoms with Gasteiger partial charge < -0.3 is 20.4 Å². The normalized spacial score (nSPS) is 13.9. The fourth-order valence-corrected chi connectivity index (χ4v) is 4.01. The molecule has 2 aromatic carbocycles. The Morgan fingerprint density at radius 1 is 0.912 bits per heavy atom. The first-order valence-corrected chi connectivity index (χ1v) is 11.9. The van der Waals surface area contributed by atoms with Crippen molar-refractivity contribution in [1.82, 2.24) is 20.0 Å². The number of benzene rings is 2. The van der Waals surface area contributed by atoms with E-state index in [0.717, 1.165) is 23.2 Å². The number of piperazine rings is 1. The van der Waals surface area contributed by atoms with Crippen LogP contribution < -0.4 is 10.6 Å². The second-order valence-corrected chi connectivity index (χ2v) is 8.37. The first-order chi connectivity index (χ1) is 16.5. The monoisotopic (exact) mass is 465 g/mol. The number of amides is 4. The Balaban J connectivity index is 1.39. The van der Waals surface area contributed by atoms with Crippen LogP contribution in [0.1, 0.15) is 25.0 Å². The minimum atomic E-state index is -0.245. The standard InChI is InChI=1S/C26H35N5O3/c1-3-22-12-8-9-13-23(22)28-24(32)20-29-14-16-31(17-15-29)26(34)27-18-25(33)30(4-2)19-21-10-6-5-7-11-21/h5-13H,3-4,14-20H2,1-2H3,(H,27,34)(H,28,32). The van der Waals surface area contributed by atoms with Gasteiger partial charge in [-0.15, -0.1) is 0 Å². The van der Waals surface area contributed by atoms with Crippen molar-refractivity contribution < 1.29 is 14.4 Å². The zero-order valence-corrected chi connectivity index (χ0v) is 20.1. The maximum atomic E-state index is 12.6. The number of nitrogens with one attached hydrogen (secondary N) is 2. The van der Waals surface area contributed by atoms with Gasteiger partial charge >= 0.3 is 6.03 Å². The summed E-state index contributed by atoms with van der Waals surface area (Å²) < 4.78 is 0. The van der Waals surface area contributed by atoms with Crippen molar-refractivity contribution in [2.24, 2.45) is 0 Å². The number of urea groups is 1. The van der Waals surface area contributed by atoms with Crippen LogP contribution in [0.5, 0.6) is 0 Å². The minimum absolute atomic E-state index is 0.0288. The molecule has 1 aliphatic heterocycles. The summed E-state index contributed by atoms with van der Waals surface area (Å²) in [5.41, 5.74) is 3.02. The molecule has 1 saturated heterocycles. The fraction of sp³-hybridized carbons (Fsp3) is 0.423. The number of hydrogen-bond acceptors (Lipinski definition) is 4. The van der Waals surface area contributed by atoms with Crippen LogP contribution in [0.15, 0.2) is 54.6 Å². The van der Waals surface area contributed by atoms with E-state index in [2.05, 4.69) is 17.6 Å². The molecular weight excluding hydrogens is 430 g/mol. The van der Waals surface area contributed by atoms with Crippen LogP contribution in [0, 0.1) is 0 Å². The third-order valence-corrected chi connectivity index (χ3v) is 6.04. The van der Waals surface area contributed by atoms with Crippen molar-refractivity contribution in [3.05, 3.63) is 65.7 Å². The van der Waals surface area contributed by atoms with Crippen LogP contribution in [-0.2, 0) is 22.6 Å². The second-order valence-electron chi connectivity index (χ2n) is 8.37. The average molecular weight is 466 g/mol. The molecule has 8 nitrogen and oxygen atoms in total. The Bertz CT molecular complexity index is 958. The summed E-state index contributed by atoms with van der Waals surface area (Å²) in [7, 11) is 0. The van der Waals surface area contributed by atoms with Crippen LogP contribution in [0.2, 0.25) is 0 Å². The number of anilines is 1. The summed E-state index contributed by atoms with van der Waals surface area (Å²) in [6, 6.07) is 17.4. The molecule has 0 bridgehead atoms. The van der Waals surface area contributed by atoms with E-state index in [1.165, 1.54) is 0 Å². The molecule has 1 aliphatic rings. The molecule has 34 heavy (non-hydrogen) atoms. The quantitative estimate of drug-likeness (QED) is 0.596. The highest BCUT2D eigenvalue weighted by Crippen LogP contribution is 2.15. The maximum Gasteiger partial charge on any atom is 0.317 e. The Labute approximate surface area is 201 Å². The number of nitrogens with zero attached hydrogens (tertiary/aromatic N) is 3. The molecule has 0 spiro atoms. The highest BCUT2D eigenvalue weighted by Gasteiger charge is 2.23. The third kappa shape index (κ3) is 7.31. The molecule has 0 atom stereocenters. The number of carbonyl (C=O) groups is 3. The van der Waals surface area contributed by atoms with E-state index in [0.29, 0.717) is 39.3 Å². The van der Waals surface area contributed by atoms with Gasteiger partial charge in [0.15, 0.2) is 0 Å². The molecule has 1 fully saturated rings. The number of rotatable bonds is 9. The lowest BCUT2D eigenvalue weighted by Gasteiger charge is -2.34. The topological polar surface area (TPSA) is 85.0 Å². The zero-order valence-electron chi connectivity index (χ0n) is 20.1. The van der Waals surface area contributed by atoms with Gasteiger partial charge in [-0.25, -0.2) is 4.79 Å². The van der Waals surface area contributed by atoms with E-state index in [9.17, 15) is 14.4 Å². The number of hydrogen-bond donors (Lipinski definition) is 2. The highest BCUT2D eigenvalue weighted by molar-refractivity contribution is 5.93. The summed E-state index contributed by atoms with van der Waals surface area (Å²) in [6.45, 7) is 7.60. The Hall–Kier alpha value is -3.39. The van der Waals surface area contributed by atoms with Crippen molar-refractivity contribution in [1.29, 1.82) is 0 Å². The van der Waals surface area contributed by atoms with Crippen molar-refractivity contribution in [3.63, 3.8) is 0 Å².